The molecule has 94 valence electrons. The molecule has 1 heterocycles. The zero-order chi connectivity index (χ0) is 12.3. The zero-order valence-electron chi connectivity index (χ0n) is 9.42. The zero-order valence-corrected chi connectivity index (χ0v) is 11.0. The molecule has 1 saturated heterocycles. The highest BCUT2D eigenvalue weighted by Gasteiger charge is 2.15. The summed E-state index contributed by atoms with van der Waals surface area (Å²) in [5, 5.41) is 0. The quantitative estimate of drug-likeness (QED) is 0.869. The van der Waals surface area contributed by atoms with E-state index in [1.807, 2.05) is 0 Å². The molecule has 3 nitrogen and oxygen atoms in total. The van der Waals surface area contributed by atoms with Crippen LogP contribution in [0.4, 0.5) is 10.1 Å². The Morgan fingerprint density at radius 2 is 2.35 bits per heavy atom. The average molecular weight is 304 g/mol. The number of halogens is 2. The second kappa shape index (κ2) is 5.69. The maximum Gasteiger partial charge on any atom is 0.145 e. The van der Waals surface area contributed by atoms with Gasteiger partial charge >= 0.3 is 0 Å². The molecule has 2 N–H and O–H groups in total. The van der Waals surface area contributed by atoms with E-state index in [-0.39, 0.29) is 11.9 Å². The van der Waals surface area contributed by atoms with Crippen molar-refractivity contribution in [3.8, 4) is 5.75 Å². The fraction of sp³-hybridized carbons (Fsp3) is 0.500. The molecule has 1 atom stereocenters. The van der Waals surface area contributed by atoms with E-state index in [0.717, 1.165) is 25.9 Å². The van der Waals surface area contributed by atoms with Gasteiger partial charge in [0, 0.05) is 19.1 Å². The van der Waals surface area contributed by atoms with Gasteiger partial charge in [-0.25, -0.2) is 4.39 Å². The number of anilines is 1. The largest absolute Gasteiger partial charge is 0.491 e. The molecule has 0 amide bonds. The summed E-state index contributed by atoms with van der Waals surface area (Å²) >= 11 is 3.07. The number of hydrogen-bond acceptors (Lipinski definition) is 3. The minimum Gasteiger partial charge on any atom is -0.491 e. The van der Waals surface area contributed by atoms with E-state index in [4.69, 9.17) is 15.2 Å². The Labute approximate surface area is 108 Å². The molecule has 1 aromatic carbocycles. The van der Waals surface area contributed by atoms with Gasteiger partial charge in [0.1, 0.15) is 11.6 Å². The van der Waals surface area contributed by atoms with Crippen molar-refractivity contribution < 1.29 is 13.9 Å². The van der Waals surface area contributed by atoms with Crippen molar-refractivity contribution >= 4 is 21.6 Å². The number of ether oxygens (including phenoxy) is 2. The summed E-state index contributed by atoms with van der Waals surface area (Å²) in [6, 6.07) is 2.81. The van der Waals surface area contributed by atoms with Crippen LogP contribution in [0, 0.1) is 5.82 Å². The van der Waals surface area contributed by atoms with Crippen LogP contribution in [0.3, 0.4) is 0 Å². The standard InChI is InChI=1S/C12H15BrFNO2/c13-9-6-11(15)12(7-10(9)14)17-5-3-8-2-1-4-16-8/h6-8H,1-5,15H2. The van der Waals surface area contributed by atoms with E-state index in [2.05, 4.69) is 15.9 Å². The van der Waals surface area contributed by atoms with Gasteiger partial charge in [-0.1, -0.05) is 0 Å². The van der Waals surface area contributed by atoms with Crippen molar-refractivity contribution in [3.63, 3.8) is 0 Å². The molecule has 1 aliphatic heterocycles. The van der Waals surface area contributed by atoms with Crippen LogP contribution in [0.1, 0.15) is 19.3 Å². The molecule has 5 heteroatoms. The molecule has 0 spiro atoms. The van der Waals surface area contributed by atoms with Crippen molar-refractivity contribution in [3.05, 3.63) is 22.4 Å². The molecular weight excluding hydrogens is 289 g/mol. The molecule has 1 aromatic rings. The maximum atomic E-state index is 13.3. The van der Waals surface area contributed by atoms with Crippen LogP contribution in [-0.4, -0.2) is 19.3 Å². The summed E-state index contributed by atoms with van der Waals surface area (Å²) in [5.74, 6) is 0.0232. The lowest BCUT2D eigenvalue weighted by molar-refractivity contribution is 0.0904. The van der Waals surface area contributed by atoms with Crippen LogP contribution < -0.4 is 10.5 Å². The molecule has 2 rings (SSSR count). The molecule has 1 aliphatic rings. The van der Waals surface area contributed by atoms with Crippen LogP contribution in [0.15, 0.2) is 16.6 Å². The Balaban J connectivity index is 1.87. The minimum absolute atomic E-state index is 0.275. The van der Waals surface area contributed by atoms with E-state index in [1.165, 1.54) is 12.1 Å². The van der Waals surface area contributed by atoms with Crippen LogP contribution in [0.25, 0.3) is 0 Å². The highest BCUT2D eigenvalue weighted by Crippen LogP contribution is 2.28. The predicted molar refractivity (Wildman–Crippen MR) is 67.6 cm³/mol. The van der Waals surface area contributed by atoms with Crippen LogP contribution in [0.2, 0.25) is 0 Å². The Kier molecular flexibility index (Phi) is 4.23. The number of rotatable bonds is 4. The molecule has 0 aliphatic carbocycles. The molecule has 0 radical (unpaired) electrons. The van der Waals surface area contributed by atoms with Gasteiger partial charge in [-0.05, 0) is 34.8 Å². The van der Waals surface area contributed by atoms with Crippen LogP contribution in [0.5, 0.6) is 5.75 Å². The number of nitrogens with two attached hydrogens (primary N) is 1. The van der Waals surface area contributed by atoms with Gasteiger partial charge in [0.05, 0.1) is 22.9 Å². The second-order valence-corrected chi connectivity index (χ2v) is 4.93. The molecule has 1 unspecified atom stereocenters. The van der Waals surface area contributed by atoms with Gasteiger partial charge < -0.3 is 15.2 Å². The smallest absolute Gasteiger partial charge is 0.145 e. The van der Waals surface area contributed by atoms with Gasteiger partial charge in [-0.15, -0.1) is 0 Å². The summed E-state index contributed by atoms with van der Waals surface area (Å²) in [5.41, 5.74) is 6.17. The van der Waals surface area contributed by atoms with Crippen molar-refractivity contribution in [2.24, 2.45) is 0 Å². The van der Waals surface area contributed by atoms with Crippen LogP contribution >= 0.6 is 15.9 Å². The SMILES string of the molecule is Nc1cc(Br)c(F)cc1OCCC1CCCO1. The van der Waals surface area contributed by atoms with Gasteiger partial charge in [0.25, 0.3) is 0 Å². The van der Waals surface area contributed by atoms with Crippen LogP contribution in [-0.2, 0) is 4.74 Å². The fourth-order valence-corrected chi connectivity index (χ4v) is 2.20. The Morgan fingerprint density at radius 1 is 1.53 bits per heavy atom. The van der Waals surface area contributed by atoms with Crippen molar-refractivity contribution in [1.29, 1.82) is 0 Å². The van der Waals surface area contributed by atoms with E-state index in [9.17, 15) is 4.39 Å². The minimum atomic E-state index is -0.369. The lowest BCUT2D eigenvalue weighted by atomic mass is 10.2. The monoisotopic (exact) mass is 303 g/mol. The fourth-order valence-electron chi connectivity index (χ4n) is 1.84. The highest BCUT2D eigenvalue weighted by atomic mass is 79.9. The lowest BCUT2D eigenvalue weighted by Crippen LogP contribution is -2.11. The maximum absolute atomic E-state index is 13.3. The topological polar surface area (TPSA) is 44.5 Å². The third kappa shape index (κ3) is 3.33. The summed E-state index contributed by atoms with van der Waals surface area (Å²) < 4.78 is 24.6. The average Bonchev–Trinajstić information content (AvgIpc) is 2.78. The van der Waals surface area contributed by atoms with E-state index in [1.54, 1.807) is 0 Å². The van der Waals surface area contributed by atoms with Gasteiger partial charge in [0.2, 0.25) is 0 Å². The summed E-state index contributed by atoms with van der Waals surface area (Å²) in [7, 11) is 0. The number of hydrogen-bond donors (Lipinski definition) is 1. The van der Waals surface area contributed by atoms with E-state index in [0.29, 0.717) is 22.5 Å². The Morgan fingerprint density at radius 3 is 3.06 bits per heavy atom. The highest BCUT2D eigenvalue weighted by molar-refractivity contribution is 9.10. The third-order valence-electron chi connectivity index (χ3n) is 2.77. The molecule has 1 fully saturated rings. The first-order valence-electron chi connectivity index (χ1n) is 5.66. The first kappa shape index (κ1) is 12.6. The summed E-state index contributed by atoms with van der Waals surface area (Å²) in [6.45, 7) is 1.33. The van der Waals surface area contributed by atoms with Gasteiger partial charge in [-0.2, -0.15) is 0 Å². The molecule has 0 saturated carbocycles. The van der Waals surface area contributed by atoms with Crippen molar-refractivity contribution in [2.45, 2.75) is 25.4 Å². The van der Waals surface area contributed by atoms with Crippen molar-refractivity contribution in [2.75, 3.05) is 18.9 Å². The number of nitrogen functional groups attached to an aromatic ring is 1. The Hall–Kier alpha value is -0.810. The molecule has 0 aromatic heterocycles. The molecule has 0 bridgehead atoms. The first-order valence-corrected chi connectivity index (χ1v) is 6.45. The van der Waals surface area contributed by atoms with E-state index < -0.39 is 0 Å². The van der Waals surface area contributed by atoms with Crippen molar-refractivity contribution in [1.82, 2.24) is 0 Å². The molecular formula is C12H15BrFNO2. The first-order chi connectivity index (χ1) is 8.16. The second-order valence-electron chi connectivity index (χ2n) is 4.08. The summed E-state index contributed by atoms with van der Waals surface area (Å²) in [6.07, 6.45) is 3.28. The third-order valence-corrected chi connectivity index (χ3v) is 3.38. The predicted octanol–water partition coefficient (Wildman–Crippen LogP) is 3.12. The Bertz CT molecular complexity index is 394. The summed E-state index contributed by atoms with van der Waals surface area (Å²) in [4.78, 5) is 0. The number of benzene rings is 1. The van der Waals surface area contributed by atoms with Gasteiger partial charge in [-0.3, -0.25) is 0 Å². The normalized spacial score (nSPS) is 19.5. The van der Waals surface area contributed by atoms with E-state index >= 15 is 0 Å². The molecule has 17 heavy (non-hydrogen) atoms. The lowest BCUT2D eigenvalue weighted by Gasteiger charge is -2.12. The van der Waals surface area contributed by atoms with Gasteiger partial charge in [0.15, 0.2) is 0 Å².